The first-order valence-electron chi connectivity index (χ1n) is 7.36. The van der Waals surface area contributed by atoms with Crippen LogP contribution in [0.2, 0.25) is 5.02 Å². The van der Waals surface area contributed by atoms with E-state index in [-0.39, 0.29) is 12.1 Å². The fourth-order valence-electron chi connectivity index (χ4n) is 2.33. The Kier molecular flexibility index (Phi) is 5.66. The second-order valence-electron chi connectivity index (χ2n) is 5.35. The number of benzene rings is 2. The van der Waals surface area contributed by atoms with Crippen molar-refractivity contribution >= 4 is 11.6 Å². The smallest absolute Gasteiger partial charge is 0.138 e. The zero-order valence-corrected chi connectivity index (χ0v) is 13.3. The first-order chi connectivity index (χ1) is 10.1. The summed E-state index contributed by atoms with van der Waals surface area (Å²) >= 11 is 6.06. The average Bonchev–Trinajstić information content (AvgIpc) is 2.46. The van der Waals surface area contributed by atoms with E-state index < -0.39 is 0 Å². The van der Waals surface area contributed by atoms with Crippen molar-refractivity contribution in [3.63, 3.8) is 0 Å². The van der Waals surface area contributed by atoms with E-state index in [1.165, 1.54) is 5.56 Å². The molecule has 2 N–H and O–H groups in total. The maximum absolute atomic E-state index is 6.08. The molecule has 0 saturated heterocycles. The molecule has 3 heteroatoms. The molecule has 0 aromatic heterocycles. The second kappa shape index (κ2) is 7.48. The Morgan fingerprint density at radius 1 is 1.14 bits per heavy atom. The van der Waals surface area contributed by atoms with Crippen LogP contribution in [0, 0.1) is 0 Å². The van der Waals surface area contributed by atoms with Gasteiger partial charge in [-0.05, 0) is 48.7 Å². The third-order valence-corrected chi connectivity index (χ3v) is 3.61. The summed E-state index contributed by atoms with van der Waals surface area (Å²) in [7, 11) is 0. The van der Waals surface area contributed by atoms with Gasteiger partial charge in [0.2, 0.25) is 0 Å². The summed E-state index contributed by atoms with van der Waals surface area (Å²) in [6.45, 7) is 4.12. The fourth-order valence-corrected chi connectivity index (χ4v) is 2.53. The van der Waals surface area contributed by atoms with Crippen LogP contribution >= 0.6 is 11.6 Å². The Labute approximate surface area is 131 Å². The molecular weight excluding hydrogens is 282 g/mol. The molecule has 0 radical (unpaired) electrons. The molecule has 21 heavy (non-hydrogen) atoms. The van der Waals surface area contributed by atoms with Crippen molar-refractivity contribution in [2.24, 2.45) is 5.73 Å². The van der Waals surface area contributed by atoms with E-state index in [0.29, 0.717) is 5.02 Å². The molecule has 2 nitrogen and oxygen atoms in total. The van der Waals surface area contributed by atoms with Crippen LogP contribution in [-0.4, -0.2) is 6.04 Å². The molecule has 0 heterocycles. The van der Waals surface area contributed by atoms with Gasteiger partial charge < -0.3 is 10.5 Å². The first kappa shape index (κ1) is 15.9. The lowest BCUT2D eigenvalue weighted by Gasteiger charge is -2.23. The van der Waals surface area contributed by atoms with E-state index in [1.807, 2.05) is 43.3 Å². The molecule has 0 aliphatic carbocycles. The van der Waals surface area contributed by atoms with Crippen molar-refractivity contribution in [1.82, 2.24) is 0 Å². The molecule has 0 saturated carbocycles. The predicted molar refractivity (Wildman–Crippen MR) is 88.9 cm³/mol. The largest absolute Gasteiger partial charge is 0.484 e. The molecule has 0 amide bonds. The van der Waals surface area contributed by atoms with Crippen molar-refractivity contribution in [2.75, 3.05) is 0 Å². The summed E-state index contributed by atoms with van der Waals surface area (Å²) in [5.41, 5.74) is 8.40. The van der Waals surface area contributed by atoms with Gasteiger partial charge in [0.05, 0.1) is 0 Å². The Morgan fingerprint density at radius 2 is 1.86 bits per heavy atom. The quantitative estimate of drug-likeness (QED) is 0.835. The number of hydrogen-bond acceptors (Lipinski definition) is 2. The number of aryl methyl sites for hydroxylation is 1. The second-order valence-corrected chi connectivity index (χ2v) is 5.78. The van der Waals surface area contributed by atoms with Crippen LogP contribution < -0.4 is 10.5 Å². The zero-order chi connectivity index (χ0) is 15.2. The van der Waals surface area contributed by atoms with Crippen LogP contribution in [0.5, 0.6) is 5.75 Å². The first-order valence-corrected chi connectivity index (χ1v) is 7.74. The maximum Gasteiger partial charge on any atom is 0.138 e. The van der Waals surface area contributed by atoms with E-state index in [1.54, 1.807) is 0 Å². The Morgan fingerprint density at radius 3 is 2.43 bits per heavy atom. The number of nitrogens with two attached hydrogens (primary N) is 1. The minimum atomic E-state index is -0.208. The molecule has 0 aliphatic rings. The predicted octanol–water partition coefficient (Wildman–Crippen LogP) is 4.76. The van der Waals surface area contributed by atoms with Gasteiger partial charge in [0, 0.05) is 11.1 Å². The Hall–Kier alpha value is -1.51. The molecule has 0 spiro atoms. The van der Waals surface area contributed by atoms with Gasteiger partial charge in [-0.3, -0.25) is 0 Å². The van der Waals surface area contributed by atoms with Gasteiger partial charge in [-0.1, -0.05) is 49.2 Å². The SMILES string of the molecule is CCCc1ccc(OC(c2cccc(Cl)c2)C(C)N)cc1. The van der Waals surface area contributed by atoms with Crippen LogP contribution in [0.15, 0.2) is 48.5 Å². The van der Waals surface area contributed by atoms with Crippen molar-refractivity contribution in [1.29, 1.82) is 0 Å². The average molecular weight is 304 g/mol. The standard InChI is InChI=1S/C18H22ClNO/c1-3-5-14-8-10-17(11-9-14)21-18(13(2)20)15-6-4-7-16(19)12-15/h4,6-13,18H,3,5,20H2,1-2H3. The highest BCUT2D eigenvalue weighted by Crippen LogP contribution is 2.26. The summed E-state index contributed by atoms with van der Waals surface area (Å²) in [6, 6.07) is 15.8. The highest BCUT2D eigenvalue weighted by molar-refractivity contribution is 6.30. The number of rotatable bonds is 6. The van der Waals surface area contributed by atoms with Crippen LogP contribution in [-0.2, 0) is 6.42 Å². The van der Waals surface area contributed by atoms with E-state index >= 15 is 0 Å². The van der Waals surface area contributed by atoms with Crippen LogP contribution in [0.25, 0.3) is 0 Å². The van der Waals surface area contributed by atoms with E-state index in [9.17, 15) is 0 Å². The van der Waals surface area contributed by atoms with Crippen LogP contribution in [0.1, 0.15) is 37.5 Å². The van der Waals surface area contributed by atoms with Gasteiger partial charge in [-0.25, -0.2) is 0 Å². The summed E-state index contributed by atoms with van der Waals surface area (Å²) in [5.74, 6) is 0.831. The lowest BCUT2D eigenvalue weighted by atomic mass is 10.0. The number of halogens is 1. The third-order valence-electron chi connectivity index (χ3n) is 3.38. The van der Waals surface area contributed by atoms with Crippen LogP contribution in [0.4, 0.5) is 0 Å². The molecule has 0 fully saturated rings. The van der Waals surface area contributed by atoms with Gasteiger partial charge in [0.25, 0.3) is 0 Å². The number of hydrogen-bond donors (Lipinski definition) is 1. The topological polar surface area (TPSA) is 35.2 Å². The van der Waals surface area contributed by atoms with Crippen LogP contribution in [0.3, 0.4) is 0 Å². The zero-order valence-electron chi connectivity index (χ0n) is 12.6. The molecule has 2 unspecified atom stereocenters. The highest BCUT2D eigenvalue weighted by atomic mass is 35.5. The molecule has 2 atom stereocenters. The van der Waals surface area contributed by atoms with Gasteiger partial charge in [-0.15, -0.1) is 0 Å². The fraction of sp³-hybridized carbons (Fsp3) is 0.333. The highest BCUT2D eigenvalue weighted by Gasteiger charge is 2.18. The summed E-state index contributed by atoms with van der Waals surface area (Å²) < 4.78 is 6.07. The number of ether oxygens (including phenoxy) is 1. The van der Waals surface area contributed by atoms with Crippen molar-refractivity contribution in [2.45, 2.75) is 38.8 Å². The van der Waals surface area contributed by atoms with Gasteiger partial charge in [0.1, 0.15) is 11.9 Å². The Bertz CT molecular complexity index is 566. The lowest BCUT2D eigenvalue weighted by molar-refractivity contribution is 0.180. The summed E-state index contributed by atoms with van der Waals surface area (Å²) in [6.07, 6.45) is 2.02. The van der Waals surface area contributed by atoms with Crippen molar-refractivity contribution in [3.8, 4) is 5.75 Å². The minimum Gasteiger partial charge on any atom is -0.484 e. The monoisotopic (exact) mass is 303 g/mol. The molecule has 0 aliphatic heterocycles. The van der Waals surface area contributed by atoms with Gasteiger partial charge in [0.15, 0.2) is 0 Å². The molecular formula is C18H22ClNO. The van der Waals surface area contributed by atoms with E-state index in [4.69, 9.17) is 22.1 Å². The molecule has 112 valence electrons. The lowest BCUT2D eigenvalue weighted by Crippen LogP contribution is -2.29. The molecule has 2 aromatic carbocycles. The summed E-state index contributed by atoms with van der Waals surface area (Å²) in [5, 5.41) is 0.694. The van der Waals surface area contributed by atoms with E-state index in [0.717, 1.165) is 24.2 Å². The molecule has 2 aromatic rings. The van der Waals surface area contributed by atoms with E-state index in [2.05, 4.69) is 19.1 Å². The Balaban J connectivity index is 2.16. The third kappa shape index (κ3) is 4.48. The minimum absolute atomic E-state index is 0.126. The van der Waals surface area contributed by atoms with Crippen molar-refractivity contribution in [3.05, 3.63) is 64.7 Å². The van der Waals surface area contributed by atoms with Gasteiger partial charge >= 0.3 is 0 Å². The van der Waals surface area contributed by atoms with Crippen molar-refractivity contribution < 1.29 is 4.74 Å². The maximum atomic E-state index is 6.08. The summed E-state index contributed by atoms with van der Waals surface area (Å²) in [4.78, 5) is 0. The molecule has 2 rings (SSSR count). The normalized spacial score (nSPS) is 13.7. The molecule has 0 bridgehead atoms. The van der Waals surface area contributed by atoms with Gasteiger partial charge in [-0.2, -0.15) is 0 Å².